The van der Waals surface area contributed by atoms with Crippen molar-refractivity contribution in [1.82, 2.24) is 9.88 Å². The number of aryl methyl sites for hydroxylation is 2. The van der Waals surface area contributed by atoms with E-state index in [1.54, 1.807) is 0 Å². The minimum absolute atomic E-state index is 0.0281. The van der Waals surface area contributed by atoms with E-state index in [0.29, 0.717) is 12.2 Å². The number of carbonyl (C=O) groups is 1. The Kier molecular flexibility index (Phi) is 10.1. The molecule has 1 aliphatic rings. The molecular weight excluding hydrogens is 396 g/mol. The number of ether oxygens (including phenoxy) is 1. The summed E-state index contributed by atoms with van der Waals surface area (Å²) < 4.78 is 6.17. The molecule has 32 heavy (non-hydrogen) atoms. The van der Waals surface area contributed by atoms with Gasteiger partial charge in [0.1, 0.15) is 17.5 Å². The molecule has 4 nitrogen and oxygen atoms in total. The number of likely N-dealkylation sites (tertiary alicyclic amines) is 1. The first-order chi connectivity index (χ1) is 15.7. The second-order valence-corrected chi connectivity index (χ2v) is 9.19. The van der Waals surface area contributed by atoms with Gasteiger partial charge in [0.15, 0.2) is 0 Å². The number of amides is 1. The number of pyridine rings is 1. The van der Waals surface area contributed by atoms with E-state index in [-0.39, 0.29) is 12.0 Å². The fourth-order valence-electron chi connectivity index (χ4n) is 4.44. The highest BCUT2D eigenvalue weighted by Crippen LogP contribution is 2.21. The highest BCUT2D eigenvalue weighted by atomic mass is 16.5. The van der Waals surface area contributed by atoms with E-state index < -0.39 is 0 Å². The Balaban J connectivity index is 1.46. The normalized spacial score (nSPS) is 16.2. The molecule has 1 aromatic heterocycles. The van der Waals surface area contributed by atoms with Crippen molar-refractivity contribution in [3.8, 4) is 5.75 Å². The van der Waals surface area contributed by atoms with Gasteiger partial charge < -0.3 is 9.64 Å². The smallest absolute Gasteiger partial charge is 0.272 e. The number of carbonyl (C=O) groups excluding carboxylic acids is 1. The van der Waals surface area contributed by atoms with Crippen LogP contribution in [0.15, 0.2) is 42.5 Å². The average molecular weight is 437 g/mol. The Hall–Kier alpha value is -2.36. The number of hydrogen-bond donors (Lipinski definition) is 0. The van der Waals surface area contributed by atoms with E-state index in [1.165, 1.54) is 50.5 Å². The molecule has 1 amide bonds. The molecule has 0 radical (unpaired) electrons. The number of nitrogens with zero attached hydrogens (tertiary/aromatic N) is 2. The van der Waals surface area contributed by atoms with Gasteiger partial charge in [-0.1, -0.05) is 70.1 Å². The molecule has 174 valence electrons. The zero-order valence-corrected chi connectivity index (χ0v) is 20.0. The largest absolute Gasteiger partial charge is 0.489 e. The Morgan fingerprint density at radius 2 is 1.78 bits per heavy atom. The first-order valence-electron chi connectivity index (χ1n) is 12.6. The lowest BCUT2D eigenvalue weighted by Gasteiger charge is -2.32. The molecule has 0 N–H and O–H groups in total. The zero-order chi connectivity index (χ0) is 22.6. The number of rotatable bonds is 12. The Labute approximate surface area is 194 Å². The van der Waals surface area contributed by atoms with E-state index in [2.05, 4.69) is 32.0 Å². The van der Waals surface area contributed by atoms with Crippen molar-refractivity contribution in [3.63, 3.8) is 0 Å². The summed E-state index contributed by atoms with van der Waals surface area (Å²) in [6.07, 6.45) is 13.4. The van der Waals surface area contributed by atoms with Gasteiger partial charge in [0.2, 0.25) is 0 Å². The van der Waals surface area contributed by atoms with Gasteiger partial charge in [-0.15, -0.1) is 0 Å². The minimum atomic E-state index is 0.0281. The monoisotopic (exact) mass is 436 g/mol. The Bertz CT molecular complexity index is 836. The lowest BCUT2D eigenvalue weighted by molar-refractivity contribution is 0.0532. The van der Waals surface area contributed by atoms with Crippen LogP contribution in [-0.4, -0.2) is 35.0 Å². The van der Waals surface area contributed by atoms with Crippen LogP contribution in [0.4, 0.5) is 0 Å². The van der Waals surface area contributed by atoms with Crippen LogP contribution in [0.25, 0.3) is 0 Å². The second kappa shape index (κ2) is 13.2. The SMILES string of the molecule is CCCCCCCCCCc1cccc(C(=O)N2CCCC(Oc3cccc(C)c3)C2)n1. The van der Waals surface area contributed by atoms with Crippen molar-refractivity contribution in [3.05, 3.63) is 59.4 Å². The maximum Gasteiger partial charge on any atom is 0.272 e. The summed E-state index contributed by atoms with van der Waals surface area (Å²) >= 11 is 0. The first-order valence-corrected chi connectivity index (χ1v) is 12.6. The Morgan fingerprint density at radius 3 is 2.56 bits per heavy atom. The molecule has 1 aromatic carbocycles. The molecule has 0 spiro atoms. The van der Waals surface area contributed by atoms with Gasteiger partial charge in [-0.25, -0.2) is 4.98 Å². The van der Waals surface area contributed by atoms with Crippen molar-refractivity contribution in [2.24, 2.45) is 0 Å². The zero-order valence-electron chi connectivity index (χ0n) is 20.0. The molecular formula is C28H40N2O2. The van der Waals surface area contributed by atoms with Gasteiger partial charge in [-0.05, 0) is 62.4 Å². The van der Waals surface area contributed by atoms with E-state index in [1.807, 2.05) is 29.2 Å². The summed E-state index contributed by atoms with van der Waals surface area (Å²) in [6.45, 7) is 5.72. The predicted octanol–water partition coefficient (Wildman–Crippen LogP) is 6.76. The lowest BCUT2D eigenvalue weighted by Crippen LogP contribution is -2.44. The van der Waals surface area contributed by atoms with Crippen molar-refractivity contribution in [1.29, 1.82) is 0 Å². The fraction of sp³-hybridized carbons (Fsp3) is 0.571. The molecule has 1 atom stereocenters. The maximum absolute atomic E-state index is 13.1. The summed E-state index contributed by atoms with van der Waals surface area (Å²) in [5.74, 6) is 0.912. The molecule has 2 aromatic rings. The van der Waals surface area contributed by atoms with Crippen molar-refractivity contribution in [2.45, 2.75) is 90.6 Å². The fourth-order valence-corrected chi connectivity index (χ4v) is 4.44. The Morgan fingerprint density at radius 1 is 1.03 bits per heavy atom. The third-order valence-corrected chi connectivity index (χ3v) is 6.27. The number of hydrogen-bond acceptors (Lipinski definition) is 3. The highest BCUT2D eigenvalue weighted by Gasteiger charge is 2.26. The van der Waals surface area contributed by atoms with Crippen molar-refractivity contribution < 1.29 is 9.53 Å². The lowest BCUT2D eigenvalue weighted by atomic mass is 10.1. The number of aromatic nitrogens is 1. The third kappa shape index (κ3) is 7.96. The van der Waals surface area contributed by atoms with Crippen LogP contribution < -0.4 is 4.74 Å². The molecule has 1 aliphatic heterocycles. The molecule has 2 heterocycles. The molecule has 3 rings (SSSR count). The third-order valence-electron chi connectivity index (χ3n) is 6.27. The molecule has 1 saturated heterocycles. The molecule has 4 heteroatoms. The molecule has 0 saturated carbocycles. The average Bonchev–Trinajstić information content (AvgIpc) is 2.81. The van der Waals surface area contributed by atoms with Crippen LogP contribution in [0.3, 0.4) is 0 Å². The van der Waals surface area contributed by atoms with Crippen molar-refractivity contribution >= 4 is 5.91 Å². The predicted molar refractivity (Wildman–Crippen MR) is 131 cm³/mol. The van der Waals surface area contributed by atoms with Gasteiger partial charge in [0.05, 0.1) is 6.54 Å². The van der Waals surface area contributed by atoms with Crippen LogP contribution in [-0.2, 0) is 6.42 Å². The van der Waals surface area contributed by atoms with Gasteiger partial charge in [0.25, 0.3) is 5.91 Å². The van der Waals surface area contributed by atoms with Crippen LogP contribution >= 0.6 is 0 Å². The molecule has 0 aliphatic carbocycles. The van der Waals surface area contributed by atoms with Crippen LogP contribution in [0.2, 0.25) is 0 Å². The molecule has 0 bridgehead atoms. The van der Waals surface area contributed by atoms with Crippen LogP contribution in [0.5, 0.6) is 5.75 Å². The standard InChI is InChI=1S/C28H40N2O2/c1-3-4-5-6-7-8-9-10-15-24-16-12-19-27(29-24)28(31)30-20-13-18-26(22-30)32-25-17-11-14-23(2)21-25/h11-12,14,16-17,19,21,26H,3-10,13,15,18,20,22H2,1-2H3. The van der Waals surface area contributed by atoms with Gasteiger partial charge >= 0.3 is 0 Å². The summed E-state index contributed by atoms with van der Waals surface area (Å²) in [7, 11) is 0. The van der Waals surface area contributed by atoms with Crippen LogP contribution in [0, 0.1) is 6.92 Å². The molecule has 1 unspecified atom stereocenters. The van der Waals surface area contributed by atoms with Gasteiger partial charge in [-0.2, -0.15) is 0 Å². The van der Waals surface area contributed by atoms with Crippen LogP contribution in [0.1, 0.15) is 92.9 Å². The van der Waals surface area contributed by atoms with Gasteiger partial charge in [-0.3, -0.25) is 4.79 Å². The topological polar surface area (TPSA) is 42.4 Å². The minimum Gasteiger partial charge on any atom is -0.489 e. The quantitative estimate of drug-likeness (QED) is 0.345. The second-order valence-electron chi connectivity index (χ2n) is 9.19. The number of unbranched alkanes of at least 4 members (excludes halogenated alkanes) is 7. The summed E-state index contributed by atoms with van der Waals surface area (Å²) in [5, 5.41) is 0. The highest BCUT2D eigenvalue weighted by molar-refractivity contribution is 5.92. The van der Waals surface area contributed by atoms with Gasteiger partial charge in [0, 0.05) is 12.2 Å². The summed E-state index contributed by atoms with van der Waals surface area (Å²) in [4.78, 5) is 19.7. The van der Waals surface area contributed by atoms with E-state index in [4.69, 9.17) is 9.72 Å². The van der Waals surface area contributed by atoms with E-state index in [0.717, 1.165) is 43.7 Å². The van der Waals surface area contributed by atoms with E-state index >= 15 is 0 Å². The molecule has 1 fully saturated rings. The number of benzene rings is 1. The van der Waals surface area contributed by atoms with Crippen molar-refractivity contribution in [2.75, 3.05) is 13.1 Å². The summed E-state index contributed by atoms with van der Waals surface area (Å²) in [5.41, 5.74) is 2.79. The summed E-state index contributed by atoms with van der Waals surface area (Å²) in [6, 6.07) is 14.0. The number of piperidine rings is 1. The van der Waals surface area contributed by atoms with E-state index in [9.17, 15) is 4.79 Å². The first kappa shape index (κ1) is 24.3. The maximum atomic E-state index is 13.1.